The molecule has 0 bridgehead atoms. The highest BCUT2D eigenvalue weighted by Crippen LogP contribution is 2.48. The largest absolute Gasteiger partial charge is 0.440 e. The van der Waals surface area contributed by atoms with Gasteiger partial charge in [0.05, 0.1) is 0 Å². The molecular formula is C7H7F6NO2. The number of nitrogens with one attached hydrogen (secondary N) is 1. The fourth-order valence-corrected chi connectivity index (χ4v) is 0.983. The summed E-state index contributed by atoms with van der Waals surface area (Å²) < 4.78 is 75.0. The molecule has 0 saturated heterocycles. The molecule has 0 aliphatic heterocycles. The van der Waals surface area contributed by atoms with Crippen molar-refractivity contribution in [1.82, 2.24) is 5.32 Å². The number of hydrogen-bond acceptors (Lipinski definition) is 2. The molecule has 0 atom stereocenters. The molecule has 9 heteroatoms. The van der Waals surface area contributed by atoms with E-state index >= 15 is 0 Å². The maximum absolute atomic E-state index is 12.2. The lowest BCUT2D eigenvalue weighted by Crippen LogP contribution is -2.48. The van der Waals surface area contributed by atoms with Crippen LogP contribution < -0.4 is 5.32 Å². The SMILES string of the molecule is O=C(NC1(C(F)(F)F)CC1)OCC(F)(F)F. The summed E-state index contributed by atoms with van der Waals surface area (Å²) in [7, 11) is 0. The van der Waals surface area contributed by atoms with Crippen LogP contribution in [0.2, 0.25) is 0 Å². The number of alkyl halides is 6. The molecule has 1 saturated carbocycles. The number of carbonyl (C=O) groups excluding carboxylic acids is 1. The van der Waals surface area contributed by atoms with E-state index in [4.69, 9.17) is 0 Å². The first-order valence-corrected chi connectivity index (χ1v) is 4.14. The molecule has 1 N–H and O–H groups in total. The van der Waals surface area contributed by atoms with Gasteiger partial charge in [0.2, 0.25) is 0 Å². The number of amides is 1. The van der Waals surface area contributed by atoms with Crippen LogP contribution in [0.5, 0.6) is 0 Å². The van der Waals surface area contributed by atoms with E-state index in [1.54, 1.807) is 0 Å². The van der Waals surface area contributed by atoms with Crippen LogP contribution in [0.15, 0.2) is 0 Å². The van der Waals surface area contributed by atoms with Gasteiger partial charge in [-0.2, -0.15) is 26.3 Å². The van der Waals surface area contributed by atoms with Crippen LogP contribution in [0.4, 0.5) is 31.1 Å². The Morgan fingerprint density at radius 3 is 2.00 bits per heavy atom. The highest BCUT2D eigenvalue weighted by molar-refractivity contribution is 5.69. The summed E-state index contributed by atoms with van der Waals surface area (Å²) in [4.78, 5) is 10.7. The van der Waals surface area contributed by atoms with Crippen LogP contribution in [-0.4, -0.2) is 30.6 Å². The molecule has 0 aromatic rings. The average molecular weight is 251 g/mol. The Morgan fingerprint density at radius 2 is 1.69 bits per heavy atom. The Kier molecular flexibility index (Phi) is 2.99. The summed E-state index contributed by atoms with van der Waals surface area (Å²) in [6, 6.07) is 0. The van der Waals surface area contributed by atoms with Gasteiger partial charge in [0.25, 0.3) is 0 Å². The third kappa shape index (κ3) is 3.17. The second kappa shape index (κ2) is 3.70. The Labute approximate surface area is 85.7 Å². The third-order valence-corrected chi connectivity index (χ3v) is 2.00. The van der Waals surface area contributed by atoms with Crippen molar-refractivity contribution in [2.24, 2.45) is 0 Å². The lowest BCUT2D eigenvalue weighted by molar-refractivity contribution is -0.170. The summed E-state index contributed by atoms with van der Waals surface area (Å²) >= 11 is 0. The molecule has 1 aliphatic rings. The molecule has 0 spiro atoms. The Hall–Kier alpha value is -1.15. The molecule has 1 fully saturated rings. The number of halogens is 6. The first-order valence-electron chi connectivity index (χ1n) is 4.14. The van der Waals surface area contributed by atoms with Gasteiger partial charge in [0.1, 0.15) is 5.54 Å². The molecule has 1 rings (SSSR count). The van der Waals surface area contributed by atoms with Crippen molar-refractivity contribution < 1.29 is 35.9 Å². The van der Waals surface area contributed by atoms with Crippen LogP contribution in [0.1, 0.15) is 12.8 Å². The van der Waals surface area contributed by atoms with Crippen molar-refractivity contribution in [1.29, 1.82) is 0 Å². The standard InChI is InChI=1S/C7H7F6NO2/c8-6(9,10)3-16-4(15)14-5(1-2-5)7(11,12)13/h1-3H2,(H,14,15). The molecule has 0 aromatic heterocycles. The second-order valence-electron chi connectivity index (χ2n) is 3.40. The van der Waals surface area contributed by atoms with E-state index in [-0.39, 0.29) is 12.8 Å². The Balaban J connectivity index is 2.42. The van der Waals surface area contributed by atoms with Gasteiger partial charge in [-0.3, -0.25) is 0 Å². The Bertz CT molecular complexity index is 280. The molecule has 0 radical (unpaired) electrons. The van der Waals surface area contributed by atoms with E-state index in [2.05, 4.69) is 4.74 Å². The first-order chi connectivity index (χ1) is 7.06. The van der Waals surface area contributed by atoms with Crippen molar-refractivity contribution in [3.8, 4) is 0 Å². The molecular weight excluding hydrogens is 244 g/mol. The van der Waals surface area contributed by atoms with E-state index in [1.165, 1.54) is 5.32 Å². The highest BCUT2D eigenvalue weighted by Gasteiger charge is 2.64. The molecule has 0 unspecified atom stereocenters. The molecule has 0 heterocycles. The minimum Gasteiger partial charge on any atom is -0.440 e. The molecule has 1 amide bonds. The van der Waals surface area contributed by atoms with Gasteiger partial charge in [-0.1, -0.05) is 0 Å². The van der Waals surface area contributed by atoms with E-state index in [0.29, 0.717) is 0 Å². The second-order valence-corrected chi connectivity index (χ2v) is 3.40. The third-order valence-electron chi connectivity index (χ3n) is 2.00. The van der Waals surface area contributed by atoms with E-state index in [0.717, 1.165) is 0 Å². The van der Waals surface area contributed by atoms with Gasteiger partial charge in [-0.25, -0.2) is 4.79 Å². The molecule has 1 aliphatic carbocycles. The van der Waals surface area contributed by atoms with Crippen LogP contribution in [-0.2, 0) is 4.74 Å². The van der Waals surface area contributed by atoms with Gasteiger partial charge < -0.3 is 10.1 Å². The summed E-state index contributed by atoms with van der Waals surface area (Å²) in [5.74, 6) is 0. The number of rotatable bonds is 2. The van der Waals surface area contributed by atoms with Crippen LogP contribution in [0, 0.1) is 0 Å². The van der Waals surface area contributed by atoms with Crippen LogP contribution in [0.25, 0.3) is 0 Å². The zero-order valence-electron chi connectivity index (χ0n) is 7.71. The molecule has 0 aromatic carbocycles. The van der Waals surface area contributed by atoms with E-state index in [9.17, 15) is 31.1 Å². The van der Waals surface area contributed by atoms with Gasteiger partial charge in [0.15, 0.2) is 6.61 Å². The molecule has 3 nitrogen and oxygen atoms in total. The zero-order valence-corrected chi connectivity index (χ0v) is 7.71. The molecule has 16 heavy (non-hydrogen) atoms. The van der Waals surface area contributed by atoms with E-state index in [1.807, 2.05) is 0 Å². The number of ether oxygens (including phenoxy) is 1. The lowest BCUT2D eigenvalue weighted by atomic mass is 10.3. The smallest absolute Gasteiger partial charge is 0.422 e. The number of carbonyl (C=O) groups is 1. The van der Waals surface area contributed by atoms with Crippen molar-refractivity contribution in [3.63, 3.8) is 0 Å². The van der Waals surface area contributed by atoms with Crippen LogP contribution in [0.3, 0.4) is 0 Å². The van der Waals surface area contributed by atoms with Gasteiger partial charge in [-0.05, 0) is 12.8 Å². The van der Waals surface area contributed by atoms with E-state index < -0.39 is 30.6 Å². The first kappa shape index (κ1) is 12.9. The summed E-state index contributed by atoms with van der Waals surface area (Å²) in [5.41, 5.74) is -2.41. The normalized spacial score (nSPS) is 19.1. The van der Waals surface area contributed by atoms with Crippen LogP contribution >= 0.6 is 0 Å². The quantitative estimate of drug-likeness (QED) is 0.765. The van der Waals surface area contributed by atoms with Crippen molar-refractivity contribution >= 4 is 6.09 Å². The number of alkyl carbamates (subject to hydrolysis) is 1. The summed E-state index contributed by atoms with van der Waals surface area (Å²) in [6.07, 6.45) is -11.8. The molecule has 94 valence electrons. The number of hydrogen-bond donors (Lipinski definition) is 1. The fraction of sp³-hybridized carbons (Fsp3) is 0.857. The lowest BCUT2D eigenvalue weighted by Gasteiger charge is -2.20. The summed E-state index contributed by atoms with van der Waals surface area (Å²) in [6.45, 7) is -1.91. The predicted octanol–water partition coefficient (Wildman–Crippen LogP) is 2.37. The maximum Gasteiger partial charge on any atom is 0.422 e. The van der Waals surface area contributed by atoms with Crippen molar-refractivity contribution in [2.45, 2.75) is 30.7 Å². The zero-order chi connectivity index (χ0) is 12.6. The Morgan fingerprint density at radius 1 is 1.19 bits per heavy atom. The van der Waals surface area contributed by atoms with Gasteiger partial charge >= 0.3 is 18.4 Å². The van der Waals surface area contributed by atoms with Gasteiger partial charge in [0, 0.05) is 0 Å². The minimum atomic E-state index is -4.76. The van der Waals surface area contributed by atoms with Crippen molar-refractivity contribution in [2.75, 3.05) is 6.61 Å². The van der Waals surface area contributed by atoms with Gasteiger partial charge in [-0.15, -0.1) is 0 Å². The average Bonchev–Trinajstić information content (AvgIpc) is 2.79. The maximum atomic E-state index is 12.2. The highest BCUT2D eigenvalue weighted by atomic mass is 19.4. The minimum absolute atomic E-state index is 0.350. The topological polar surface area (TPSA) is 38.3 Å². The monoisotopic (exact) mass is 251 g/mol. The van der Waals surface area contributed by atoms with Crippen molar-refractivity contribution in [3.05, 3.63) is 0 Å². The fourth-order valence-electron chi connectivity index (χ4n) is 0.983. The summed E-state index contributed by atoms with van der Waals surface area (Å²) in [5, 5.41) is 1.39. The predicted molar refractivity (Wildman–Crippen MR) is 38.6 cm³/mol.